The van der Waals surface area contributed by atoms with Crippen LogP contribution in [0.2, 0.25) is 0 Å². The summed E-state index contributed by atoms with van der Waals surface area (Å²) in [6, 6.07) is 6.98. The summed E-state index contributed by atoms with van der Waals surface area (Å²) in [4.78, 5) is 11.0. The highest BCUT2D eigenvalue weighted by atomic mass is 16.7. The minimum absolute atomic E-state index is 0.101. The second-order valence-electron chi connectivity index (χ2n) is 8.01. The van der Waals surface area contributed by atoms with E-state index >= 15 is 0 Å². The number of hydrogen-bond donors (Lipinski definition) is 0. The number of hydrogen-bond acceptors (Lipinski definition) is 6. The van der Waals surface area contributed by atoms with Gasteiger partial charge in [0.2, 0.25) is 12.5 Å². The maximum absolute atomic E-state index is 11.0. The van der Waals surface area contributed by atoms with E-state index in [0.717, 1.165) is 30.6 Å². The predicted molar refractivity (Wildman–Crippen MR) is 114 cm³/mol. The lowest BCUT2D eigenvalue weighted by Crippen LogP contribution is -2.47. The molecular formula is C24H26NO6+. The molecule has 31 heavy (non-hydrogen) atoms. The first-order valence-electron chi connectivity index (χ1n) is 10.0. The smallest absolute Gasteiger partial charge is 0.231 e. The van der Waals surface area contributed by atoms with E-state index in [1.54, 1.807) is 25.3 Å². The fraction of sp³-hybridized carbons (Fsp3) is 0.375. The Labute approximate surface area is 182 Å². The summed E-state index contributed by atoms with van der Waals surface area (Å²) in [6.07, 6.45) is 1.68. The van der Waals surface area contributed by atoms with E-state index in [-0.39, 0.29) is 19.4 Å². The normalized spacial score (nSPS) is 17.7. The van der Waals surface area contributed by atoms with Crippen molar-refractivity contribution in [2.75, 3.05) is 48.3 Å². The van der Waals surface area contributed by atoms with Gasteiger partial charge in [-0.1, -0.05) is 5.92 Å². The van der Waals surface area contributed by atoms with Gasteiger partial charge in [0.15, 0.2) is 29.0 Å². The quantitative estimate of drug-likeness (QED) is 0.418. The first-order chi connectivity index (χ1) is 15.0. The molecule has 7 heteroatoms. The molecule has 2 aliphatic rings. The molecule has 2 aromatic rings. The topological polar surface area (TPSA) is 63.2 Å². The highest BCUT2D eigenvalue weighted by Crippen LogP contribution is 2.50. The summed E-state index contributed by atoms with van der Waals surface area (Å²) in [5, 5.41) is 0. The van der Waals surface area contributed by atoms with E-state index < -0.39 is 0 Å². The number of carbonyl (C=O) groups excluding carboxylic acids is 1. The summed E-state index contributed by atoms with van der Waals surface area (Å²) >= 11 is 0. The van der Waals surface area contributed by atoms with Crippen LogP contribution in [-0.2, 0) is 6.42 Å². The zero-order chi connectivity index (χ0) is 22.0. The number of benzene rings is 2. The number of likely N-dealkylation sites (N-methyl/N-ethyl adjacent to an activating group) is 1. The lowest BCUT2D eigenvalue weighted by atomic mass is 9.89. The SMILES string of the molecule is COc1cc(C=O)ccc1OCC#C[C@H]1c2c(cc3c(c2OC)OCO3)CC[N+]1(C)C. The van der Waals surface area contributed by atoms with Crippen LogP contribution in [0.1, 0.15) is 27.5 Å². The van der Waals surface area contributed by atoms with Gasteiger partial charge in [0.25, 0.3) is 0 Å². The van der Waals surface area contributed by atoms with Crippen molar-refractivity contribution >= 4 is 6.29 Å². The summed E-state index contributed by atoms with van der Waals surface area (Å²) in [7, 11) is 7.51. The highest BCUT2D eigenvalue weighted by molar-refractivity contribution is 5.76. The molecule has 0 amide bonds. The molecule has 2 aromatic carbocycles. The molecule has 0 aliphatic carbocycles. The Morgan fingerprint density at radius 1 is 1.16 bits per heavy atom. The van der Waals surface area contributed by atoms with Crippen molar-refractivity contribution in [3.8, 4) is 40.6 Å². The van der Waals surface area contributed by atoms with Gasteiger partial charge in [-0.3, -0.25) is 4.79 Å². The number of rotatable bonds is 5. The van der Waals surface area contributed by atoms with E-state index in [1.807, 2.05) is 6.07 Å². The lowest BCUT2D eigenvalue weighted by molar-refractivity contribution is -0.914. The van der Waals surface area contributed by atoms with E-state index in [0.29, 0.717) is 33.0 Å². The van der Waals surface area contributed by atoms with Crippen LogP contribution in [-0.4, -0.2) is 59.0 Å². The summed E-state index contributed by atoms with van der Waals surface area (Å²) < 4.78 is 28.8. The van der Waals surface area contributed by atoms with Gasteiger partial charge in [-0.25, -0.2) is 0 Å². The summed E-state index contributed by atoms with van der Waals surface area (Å²) in [5.74, 6) is 9.66. The number of quaternary nitrogens is 1. The highest BCUT2D eigenvalue weighted by Gasteiger charge is 2.40. The Bertz CT molecular complexity index is 1070. The van der Waals surface area contributed by atoms with Crippen molar-refractivity contribution in [1.82, 2.24) is 0 Å². The third kappa shape index (κ3) is 3.87. The number of methoxy groups -OCH3 is 2. The second kappa shape index (κ2) is 8.40. The molecule has 7 nitrogen and oxygen atoms in total. The Balaban J connectivity index is 1.61. The third-order valence-corrected chi connectivity index (χ3v) is 5.74. The van der Waals surface area contributed by atoms with E-state index in [1.165, 1.54) is 12.7 Å². The van der Waals surface area contributed by atoms with E-state index in [2.05, 4.69) is 25.9 Å². The van der Waals surface area contributed by atoms with Crippen LogP contribution in [0.25, 0.3) is 0 Å². The zero-order valence-electron chi connectivity index (χ0n) is 18.2. The van der Waals surface area contributed by atoms with Crippen LogP contribution < -0.4 is 23.7 Å². The fourth-order valence-corrected chi connectivity index (χ4v) is 4.05. The molecule has 0 saturated heterocycles. The first-order valence-corrected chi connectivity index (χ1v) is 10.0. The van der Waals surface area contributed by atoms with Gasteiger partial charge in [0, 0.05) is 12.0 Å². The van der Waals surface area contributed by atoms with Gasteiger partial charge in [0.1, 0.15) is 12.9 Å². The van der Waals surface area contributed by atoms with Gasteiger partial charge in [-0.05, 0) is 35.7 Å². The number of carbonyl (C=O) groups is 1. The van der Waals surface area contributed by atoms with Gasteiger partial charge in [-0.15, -0.1) is 0 Å². The molecule has 1 atom stereocenters. The van der Waals surface area contributed by atoms with Gasteiger partial charge in [-0.2, -0.15) is 0 Å². The maximum Gasteiger partial charge on any atom is 0.231 e. The molecule has 2 heterocycles. The minimum Gasteiger partial charge on any atom is -0.493 e. The van der Waals surface area contributed by atoms with Crippen molar-refractivity contribution in [2.45, 2.75) is 12.5 Å². The number of ether oxygens (including phenoxy) is 5. The van der Waals surface area contributed by atoms with Crippen molar-refractivity contribution in [2.24, 2.45) is 0 Å². The molecule has 0 N–H and O–H groups in total. The molecule has 0 bridgehead atoms. The number of nitrogens with zero attached hydrogens (tertiary/aromatic N) is 1. The minimum atomic E-state index is -0.101. The zero-order valence-corrected chi connectivity index (χ0v) is 18.2. The Morgan fingerprint density at radius 3 is 2.74 bits per heavy atom. The van der Waals surface area contributed by atoms with Crippen molar-refractivity contribution in [3.63, 3.8) is 0 Å². The molecule has 0 aromatic heterocycles. The molecule has 0 spiro atoms. The van der Waals surface area contributed by atoms with Gasteiger partial charge < -0.3 is 28.2 Å². The molecule has 2 aliphatic heterocycles. The van der Waals surface area contributed by atoms with Crippen LogP contribution in [0.3, 0.4) is 0 Å². The molecule has 4 rings (SSSR count). The number of fused-ring (bicyclic) bond motifs is 2. The van der Waals surface area contributed by atoms with Crippen molar-refractivity contribution in [1.29, 1.82) is 0 Å². The molecule has 0 radical (unpaired) electrons. The Hall–Kier alpha value is -3.37. The van der Waals surface area contributed by atoms with Crippen molar-refractivity contribution < 1.29 is 33.0 Å². The van der Waals surface area contributed by atoms with Gasteiger partial charge >= 0.3 is 0 Å². The lowest BCUT2D eigenvalue weighted by Gasteiger charge is -2.40. The Kier molecular flexibility index (Phi) is 5.66. The van der Waals surface area contributed by atoms with Crippen LogP contribution in [0.15, 0.2) is 24.3 Å². The van der Waals surface area contributed by atoms with Crippen LogP contribution in [0.5, 0.6) is 28.7 Å². The second-order valence-corrected chi connectivity index (χ2v) is 8.01. The fourth-order valence-electron chi connectivity index (χ4n) is 4.05. The molecular weight excluding hydrogens is 398 g/mol. The maximum atomic E-state index is 11.0. The van der Waals surface area contributed by atoms with E-state index in [9.17, 15) is 4.79 Å². The van der Waals surface area contributed by atoms with Crippen LogP contribution in [0, 0.1) is 11.8 Å². The van der Waals surface area contributed by atoms with Crippen LogP contribution in [0.4, 0.5) is 0 Å². The average molecular weight is 424 g/mol. The molecule has 0 fully saturated rings. The monoisotopic (exact) mass is 424 g/mol. The van der Waals surface area contributed by atoms with Gasteiger partial charge in [0.05, 0.1) is 40.4 Å². The Morgan fingerprint density at radius 2 is 2.00 bits per heavy atom. The average Bonchev–Trinajstić information content (AvgIpc) is 3.24. The molecule has 162 valence electrons. The standard InChI is InChI=1S/C24H26NO6/c1-25(2)10-9-17-13-21-23(31-15-30-21)24(28-4)22(17)18(25)6-5-11-29-19-8-7-16(14-26)12-20(19)27-3/h7-8,12-14,18H,9-11,15H2,1-4H3/q+1/t18-/m0/s1. The van der Waals surface area contributed by atoms with E-state index in [4.69, 9.17) is 23.7 Å². The molecule has 0 unspecified atom stereocenters. The van der Waals surface area contributed by atoms with Crippen molar-refractivity contribution in [3.05, 3.63) is 41.0 Å². The third-order valence-electron chi connectivity index (χ3n) is 5.74. The predicted octanol–water partition coefficient (Wildman–Crippen LogP) is 3.00. The summed E-state index contributed by atoms with van der Waals surface area (Å²) in [6.45, 7) is 1.33. The van der Waals surface area contributed by atoms with Crippen LogP contribution >= 0.6 is 0 Å². The molecule has 0 saturated carbocycles. The first kappa shape index (κ1) is 20.9. The summed E-state index contributed by atoms with van der Waals surface area (Å²) in [5.41, 5.74) is 2.74. The number of aldehydes is 1. The largest absolute Gasteiger partial charge is 0.493 e.